The number of halogens is 1. The Hall–Kier alpha value is -2.94. The van der Waals surface area contributed by atoms with Crippen LogP contribution < -0.4 is 10.1 Å². The smallest absolute Gasteiger partial charge is 0.246 e. The Kier molecular flexibility index (Phi) is 5.46. The van der Waals surface area contributed by atoms with Crippen LogP contribution in [0.1, 0.15) is 24.8 Å². The topological polar surface area (TPSA) is 72.3 Å². The maximum atomic E-state index is 14.6. The Labute approximate surface area is 178 Å². The Morgan fingerprint density at radius 1 is 1.47 bits per heavy atom. The summed E-state index contributed by atoms with van der Waals surface area (Å²) in [6.45, 7) is 9.77. The van der Waals surface area contributed by atoms with Gasteiger partial charge in [0, 0.05) is 29.4 Å². The number of aromatic nitrogens is 3. The normalized spacial score (nSPS) is 18.9. The van der Waals surface area contributed by atoms with Crippen molar-refractivity contribution in [1.29, 1.82) is 0 Å². The molecule has 0 spiro atoms. The average molecular weight is 430 g/mol. The SMILES string of the molecule is C=CC(=O)N1C[C@H](F)[C@H](Oc2nc(Nc3ncc(C)s3)cc3c2ccn3C(C)C)C1. The molecule has 0 aromatic carbocycles. The molecule has 0 aliphatic carbocycles. The third kappa shape index (κ3) is 3.89. The monoisotopic (exact) mass is 429 g/mol. The minimum atomic E-state index is -1.30. The number of ether oxygens (including phenoxy) is 1. The standard InChI is InChI=1S/C21H24FN5O2S/c1-5-19(28)26-10-15(22)17(11-26)29-20-14-6-7-27(12(2)3)16(14)8-18(24-20)25-21-23-9-13(4)30-21/h5-9,12,15,17H,1,10-11H2,2-4H3,(H,23,24,25)/t15-,17+/m0/s1. The van der Waals surface area contributed by atoms with E-state index in [4.69, 9.17) is 4.74 Å². The van der Waals surface area contributed by atoms with Gasteiger partial charge in [0.2, 0.25) is 11.8 Å². The van der Waals surface area contributed by atoms with E-state index in [2.05, 4.69) is 40.3 Å². The highest BCUT2D eigenvalue weighted by atomic mass is 32.1. The van der Waals surface area contributed by atoms with Gasteiger partial charge in [0.15, 0.2) is 17.4 Å². The number of hydrogen-bond acceptors (Lipinski definition) is 6. The first-order valence-corrected chi connectivity index (χ1v) is 10.6. The van der Waals surface area contributed by atoms with Crippen molar-refractivity contribution in [3.8, 4) is 5.88 Å². The van der Waals surface area contributed by atoms with Crippen LogP contribution in [-0.4, -0.2) is 50.7 Å². The number of hydrogen-bond donors (Lipinski definition) is 1. The van der Waals surface area contributed by atoms with Crippen molar-refractivity contribution in [3.63, 3.8) is 0 Å². The number of carbonyl (C=O) groups is 1. The number of nitrogens with one attached hydrogen (secondary N) is 1. The molecule has 1 N–H and O–H groups in total. The summed E-state index contributed by atoms with van der Waals surface area (Å²) in [4.78, 5) is 23.3. The van der Waals surface area contributed by atoms with E-state index in [0.29, 0.717) is 11.7 Å². The zero-order chi connectivity index (χ0) is 21.4. The summed E-state index contributed by atoms with van der Waals surface area (Å²) in [7, 11) is 0. The van der Waals surface area contributed by atoms with Crippen LogP contribution in [0.4, 0.5) is 15.3 Å². The van der Waals surface area contributed by atoms with Crippen LogP contribution in [0.5, 0.6) is 5.88 Å². The van der Waals surface area contributed by atoms with Gasteiger partial charge in [0.25, 0.3) is 0 Å². The second-order valence-corrected chi connectivity index (χ2v) is 8.82. The highest BCUT2D eigenvalue weighted by Gasteiger charge is 2.37. The summed E-state index contributed by atoms with van der Waals surface area (Å²) in [6.07, 6.45) is 2.86. The Morgan fingerprint density at radius 3 is 2.93 bits per heavy atom. The van der Waals surface area contributed by atoms with E-state index in [-0.39, 0.29) is 25.0 Å². The molecule has 0 unspecified atom stereocenters. The highest BCUT2D eigenvalue weighted by Crippen LogP contribution is 2.33. The van der Waals surface area contributed by atoms with Crippen molar-refractivity contribution in [1.82, 2.24) is 19.4 Å². The van der Waals surface area contributed by atoms with Crippen LogP contribution >= 0.6 is 11.3 Å². The molecule has 1 aliphatic rings. The third-order valence-corrected chi connectivity index (χ3v) is 5.87. The van der Waals surface area contributed by atoms with Crippen molar-refractivity contribution in [2.24, 2.45) is 0 Å². The van der Waals surface area contributed by atoms with Crippen molar-refractivity contribution in [2.75, 3.05) is 18.4 Å². The van der Waals surface area contributed by atoms with E-state index in [1.807, 2.05) is 25.3 Å². The summed E-state index contributed by atoms with van der Waals surface area (Å²) in [5.74, 6) is 0.602. The van der Waals surface area contributed by atoms with E-state index >= 15 is 0 Å². The first-order valence-electron chi connectivity index (χ1n) is 9.78. The predicted molar refractivity (Wildman–Crippen MR) is 116 cm³/mol. The van der Waals surface area contributed by atoms with Gasteiger partial charge in [-0.3, -0.25) is 4.79 Å². The van der Waals surface area contributed by atoms with E-state index in [0.717, 1.165) is 20.9 Å². The predicted octanol–water partition coefficient (Wildman–Crippen LogP) is 4.24. The molecule has 158 valence electrons. The molecule has 1 fully saturated rings. The summed E-state index contributed by atoms with van der Waals surface area (Å²) in [5.41, 5.74) is 0.929. The molecule has 1 saturated heterocycles. The Bertz CT molecular complexity index is 1090. The molecule has 0 bridgehead atoms. The molecule has 4 heterocycles. The summed E-state index contributed by atoms with van der Waals surface area (Å²) in [5, 5.41) is 4.74. The first kappa shape index (κ1) is 20.3. The quantitative estimate of drug-likeness (QED) is 0.594. The lowest BCUT2D eigenvalue weighted by molar-refractivity contribution is -0.125. The van der Waals surface area contributed by atoms with Gasteiger partial charge in [-0.15, -0.1) is 11.3 Å². The number of pyridine rings is 1. The Balaban J connectivity index is 1.69. The van der Waals surface area contributed by atoms with Crippen molar-refractivity contribution in [3.05, 3.63) is 42.1 Å². The van der Waals surface area contributed by atoms with Crippen LogP contribution in [0.25, 0.3) is 10.9 Å². The van der Waals surface area contributed by atoms with Crippen LogP contribution in [0, 0.1) is 6.92 Å². The molecular weight excluding hydrogens is 405 g/mol. The number of likely N-dealkylation sites (tertiary alicyclic amines) is 1. The maximum absolute atomic E-state index is 14.6. The average Bonchev–Trinajstić information content (AvgIpc) is 3.40. The van der Waals surface area contributed by atoms with E-state index in [9.17, 15) is 9.18 Å². The second kappa shape index (κ2) is 8.06. The number of alkyl halides is 1. The molecule has 0 saturated carbocycles. The van der Waals surface area contributed by atoms with E-state index in [1.165, 1.54) is 22.3 Å². The minimum absolute atomic E-state index is 0.0119. The van der Waals surface area contributed by atoms with Crippen molar-refractivity contribution < 1.29 is 13.9 Å². The van der Waals surface area contributed by atoms with Crippen LogP contribution in [-0.2, 0) is 4.79 Å². The summed E-state index contributed by atoms with van der Waals surface area (Å²) < 4.78 is 22.7. The molecule has 0 radical (unpaired) electrons. The number of amides is 1. The zero-order valence-electron chi connectivity index (χ0n) is 17.1. The van der Waals surface area contributed by atoms with E-state index < -0.39 is 12.3 Å². The number of thiazole rings is 1. The number of nitrogens with zero attached hydrogens (tertiary/aromatic N) is 4. The van der Waals surface area contributed by atoms with E-state index in [1.54, 1.807) is 6.20 Å². The zero-order valence-corrected chi connectivity index (χ0v) is 17.9. The minimum Gasteiger partial charge on any atom is -0.469 e. The Morgan fingerprint density at radius 2 is 2.27 bits per heavy atom. The molecule has 3 aromatic rings. The third-order valence-electron chi connectivity index (χ3n) is 5.04. The molecule has 3 aromatic heterocycles. The molecule has 30 heavy (non-hydrogen) atoms. The fourth-order valence-electron chi connectivity index (χ4n) is 3.55. The lowest BCUT2D eigenvalue weighted by atomic mass is 10.2. The summed E-state index contributed by atoms with van der Waals surface area (Å²) >= 11 is 1.52. The van der Waals surface area contributed by atoms with Gasteiger partial charge in [-0.1, -0.05) is 6.58 Å². The second-order valence-electron chi connectivity index (χ2n) is 7.58. The van der Waals surface area contributed by atoms with Gasteiger partial charge >= 0.3 is 0 Å². The fraction of sp³-hybridized carbons (Fsp3) is 0.381. The number of fused-ring (bicyclic) bond motifs is 1. The van der Waals surface area contributed by atoms with Gasteiger partial charge < -0.3 is 19.5 Å². The molecule has 1 aliphatic heterocycles. The van der Waals surface area contributed by atoms with Gasteiger partial charge in [0.05, 0.1) is 24.0 Å². The van der Waals surface area contributed by atoms with Crippen molar-refractivity contribution >= 4 is 39.1 Å². The molecular formula is C21H24FN5O2S. The number of rotatable bonds is 6. The van der Waals surface area contributed by atoms with Crippen LogP contribution in [0.15, 0.2) is 37.2 Å². The highest BCUT2D eigenvalue weighted by molar-refractivity contribution is 7.15. The first-order chi connectivity index (χ1) is 14.4. The maximum Gasteiger partial charge on any atom is 0.246 e. The largest absolute Gasteiger partial charge is 0.469 e. The van der Waals surface area contributed by atoms with Crippen LogP contribution in [0.2, 0.25) is 0 Å². The van der Waals surface area contributed by atoms with Crippen LogP contribution in [0.3, 0.4) is 0 Å². The van der Waals surface area contributed by atoms with Gasteiger partial charge in [-0.2, -0.15) is 4.98 Å². The summed E-state index contributed by atoms with van der Waals surface area (Å²) in [6, 6.07) is 4.09. The number of carbonyl (C=O) groups excluding carboxylic acids is 1. The molecule has 7 nitrogen and oxygen atoms in total. The molecule has 2 atom stereocenters. The van der Waals surface area contributed by atoms with Crippen molar-refractivity contribution in [2.45, 2.75) is 39.1 Å². The molecule has 4 rings (SSSR count). The van der Waals surface area contributed by atoms with Gasteiger partial charge in [0.1, 0.15) is 5.82 Å². The lowest BCUT2D eigenvalue weighted by Gasteiger charge is -2.17. The number of aryl methyl sites for hydroxylation is 1. The van der Waals surface area contributed by atoms with Gasteiger partial charge in [-0.05, 0) is 32.9 Å². The number of anilines is 2. The molecule has 9 heteroatoms. The van der Waals surface area contributed by atoms with Gasteiger partial charge in [-0.25, -0.2) is 9.37 Å². The lowest BCUT2D eigenvalue weighted by Crippen LogP contribution is -2.30. The fourth-order valence-corrected chi connectivity index (χ4v) is 4.22. The molecule has 1 amide bonds.